The predicted octanol–water partition coefficient (Wildman–Crippen LogP) is -2.12. The molecule has 9 atom stereocenters. The zero-order chi connectivity index (χ0) is 31.2. The molecule has 9 N–H and O–H groups in total. The van der Waals surface area contributed by atoms with Gasteiger partial charge in [0.2, 0.25) is 23.8 Å². The summed E-state index contributed by atoms with van der Waals surface area (Å²) in [6, 6.07) is 6.02. The van der Waals surface area contributed by atoms with Crippen LogP contribution in [-0.2, 0) is 9.47 Å². The fourth-order valence-corrected chi connectivity index (χ4v) is 4.74. The Labute approximate surface area is 241 Å². The first-order chi connectivity index (χ1) is 20.4. The molecule has 16 nitrogen and oxygen atoms in total. The minimum atomic E-state index is -1.89. The molecule has 0 spiro atoms. The van der Waals surface area contributed by atoms with E-state index in [0.29, 0.717) is 0 Å². The zero-order valence-corrected chi connectivity index (χ0v) is 22.4. The Hall–Kier alpha value is -3.71. The van der Waals surface area contributed by atoms with Gasteiger partial charge in [-0.3, -0.25) is 4.79 Å². The molecule has 0 aliphatic carbocycles. The standard InChI is InChI=1S/C27H30O16/c1-38-14-4-9(2-3-11(14)29)24-25(43-27-23(37)21(35)19(33)16(7-28)42-27)20(34)17-12(30)5-10(6-15(17)41-24)40-26-22(36)18(32)13(31)8-39-26/h2-6,13,16,18-19,21-23,26-33,35-37H,7-8H2,1H3/t13-,16+,18-,19+,21+,22+,23+,26+,27-/m0/s1. The summed E-state index contributed by atoms with van der Waals surface area (Å²) < 4.78 is 32.9. The Morgan fingerprint density at radius 1 is 0.860 bits per heavy atom. The highest BCUT2D eigenvalue weighted by molar-refractivity contribution is 5.88. The molecule has 43 heavy (non-hydrogen) atoms. The molecule has 0 radical (unpaired) electrons. The van der Waals surface area contributed by atoms with Gasteiger partial charge in [-0.2, -0.15) is 0 Å². The van der Waals surface area contributed by atoms with Crippen molar-refractivity contribution < 1.29 is 74.1 Å². The lowest BCUT2D eigenvalue weighted by atomic mass is 9.99. The van der Waals surface area contributed by atoms with Crippen LogP contribution in [0.3, 0.4) is 0 Å². The Kier molecular flexibility index (Phi) is 8.66. The maximum atomic E-state index is 13.8. The van der Waals surface area contributed by atoms with Crippen LogP contribution < -0.4 is 19.6 Å². The summed E-state index contributed by atoms with van der Waals surface area (Å²) in [5.74, 6) is -2.08. The van der Waals surface area contributed by atoms with Gasteiger partial charge in [0.25, 0.3) is 0 Å². The van der Waals surface area contributed by atoms with Gasteiger partial charge < -0.3 is 74.1 Å². The average Bonchev–Trinajstić information content (AvgIpc) is 2.98. The quantitative estimate of drug-likeness (QED) is 0.138. The Bertz CT molecular complexity index is 1520. The van der Waals surface area contributed by atoms with Crippen LogP contribution in [-0.4, -0.2) is 122 Å². The lowest BCUT2D eigenvalue weighted by Gasteiger charge is -2.39. The molecule has 3 heterocycles. The van der Waals surface area contributed by atoms with E-state index in [9.17, 15) is 50.8 Å². The third kappa shape index (κ3) is 5.67. The van der Waals surface area contributed by atoms with Crippen LogP contribution in [0.15, 0.2) is 39.5 Å². The van der Waals surface area contributed by atoms with Gasteiger partial charge in [0.1, 0.15) is 65.2 Å². The minimum absolute atomic E-state index is 0.0249. The topological polar surface area (TPSA) is 258 Å². The van der Waals surface area contributed by atoms with Crippen LogP contribution in [0.2, 0.25) is 0 Å². The Morgan fingerprint density at radius 3 is 2.28 bits per heavy atom. The van der Waals surface area contributed by atoms with Crippen molar-refractivity contribution in [1.29, 1.82) is 0 Å². The lowest BCUT2D eigenvalue weighted by Crippen LogP contribution is -2.60. The van der Waals surface area contributed by atoms with Crippen LogP contribution in [0.5, 0.6) is 28.7 Å². The molecule has 1 aromatic heterocycles. The number of benzene rings is 2. The summed E-state index contributed by atoms with van der Waals surface area (Å²) in [6.07, 6.45) is -14.6. The number of ether oxygens (including phenoxy) is 5. The van der Waals surface area contributed by atoms with Gasteiger partial charge >= 0.3 is 0 Å². The van der Waals surface area contributed by atoms with E-state index >= 15 is 0 Å². The summed E-state index contributed by atoms with van der Waals surface area (Å²) in [6.45, 7) is -1.12. The van der Waals surface area contributed by atoms with Gasteiger partial charge in [0.15, 0.2) is 17.3 Å². The molecule has 0 unspecified atom stereocenters. The van der Waals surface area contributed by atoms with Gasteiger partial charge in [-0.25, -0.2) is 0 Å². The van der Waals surface area contributed by atoms with Crippen molar-refractivity contribution in [3.8, 4) is 40.1 Å². The summed E-state index contributed by atoms with van der Waals surface area (Å²) in [7, 11) is 1.28. The number of phenols is 2. The van der Waals surface area contributed by atoms with Crippen molar-refractivity contribution in [3.05, 3.63) is 40.6 Å². The van der Waals surface area contributed by atoms with E-state index in [0.717, 1.165) is 6.07 Å². The molecule has 3 aromatic rings. The SMILES string of the molecule is COc1cc(-c2oc3cc(O[C@H]4OC[C@H](O)[C@H](O)[C@H]4O)cc(O)c3c(=O)c2O[C@@H]2O[C@H](CO)[C@@H](O)[C@@H](O)[C@H]2O)ccc1O. The second kappa shape index (κ2) is 12.1. The zero-order valence-electron chi connectivity index (χ0n) is 22.4. The van der Waals surface area contributed by atoms with E-state index in [2.05, 4.69) is 0 Å². The molecule has 2 aromatic carbocycles. The maximum Gasteiger partial charge on any atom is 0.239 e. The number of hydrogen-bond acceptors (Lipinski definition) is 16. The molecule has 0 bridgehead atoms. The Morgan fingerprint density at radius 2 is 1.58 bits per heavy atom. The molecule has 2 saturated heterocycles. The van der Waals surface area contributed by atoms with Gasteiger partial charge in [0.05, 0.1) is 20.3 Å². The first-order valence-electron chi connectivity index (χ1n) is 13.0. The van der Waals surface area contributed by atoms with Crippen LogP contribution in [0, 0.1) is 0 Å². The van der Waals surface area contributed by atoms with E-state index in [1.54, 1.807) is 0 Å². The number of aliphatic hydroxyl groups excluding tert-OH is 7. The normalized spacial score (nSPS) is 31.1. The van der Waals surface area contributed by atoms with Crippen LogP contribution in [0.25, 0.3) is 22.3 Å². The number of aliphatic hydroxyl groups is 7. The highest BCUT2D eigenvalue weighted by atomic mass is 16.7. The van der Waals surface area contributed by atoms with Crippen molar-refractivity contribution in [1.82, 2.24) is 0 Å². The fraction of sp³-hybridized carbons (Fsp3) is 0.444. The number of phenolic OH excluding ortho intramolecular Hbond substituents is 2. The van der Waals surface area contributed by atoms with Gasteiger partial charge in [0, 0.05) is 17.7 Å². The molecule has 0 amide bonds. The maximum absolute atomic E-state index is 13.8. The summed E-state index contributed by atoms with van der Waals surface area (Å²) >= 11 is 0. The molecule has 0 saturated carbocycles. The van der Waals surface area contributed by atoms with E-state index in [1.165, 1.54) is 31.4 Å². The molecule has 2 aliphatic rings. The fourth-order valence-electron chi connectivity index (χ4n) is 4.74. The smallest absolute Gasteiger partial charge is 0.239 e. The van der Waals surface area contributed by atoms with E-state index in [1.807, 2.05) is 0 Å². The molecular weight excluding hydrogens is 580 g/mol. The highest BCUT2D eigenvalue weighted by Gasteiger charge is 2.45. The largest absolute Gasteiger partial charge is 0.507 e. The average molecular weight is 611 g/mol. The second-order valence-electron chi connectivity index (χ2n) is 9.97. The van der Waals surface area contributed by atoms with E-state index in [4.69, 9.17) is 28.1 Å². The van der Waals surface area contributed by atoms with Crippen LogP contribution in [0.4, 0.5) is 0 Å². The molecule has 2 aliphatic heterocycles. The summed E-state index contributed by atoms with van der Waals surface area (Å²) in [5, 5.41) is 90.7. The third-order valence-electron chi connectivity index (χ3n) is 7.14. The van der Waals surface area contributed by atoms with Crippen molar-refractivity contribution in [3.63, 3.8) is 0 Å². The van der Waals surface area contributed by atoms with E-state index < -0.39 is 84.2 Å². The molecule has 2 fully saturated rings. The molecule has 5 rings (SSSR count). The Balaban J connectivity index is 1.62. The van der Waals surface area contributed by atoms with Crippen LogP contribution >= 0.6 is 0 Å². The number of aromatic hydroxyl groups is 2. The lowest BCUT2D eigenvalue weighted by molar-refractivity contribution is -0.277. The number of rotatable bonds is 7. The summed E-state index contributed by atoms with van der Waals surface area (Å²) in [4.78, 5) is 13.8. The predicted molar refractivity (Wildman–Crippen MR) is 141 cm³/mol. The monoisotopic (exact) mass is 610 g/mol. The van der Waals surface area contributed by atoms with Crippen molar-refractivity contribution in [2.75, 3.05) is 20.3 Å². The van der Waals surface area contributed by atoms with E-state index in [-0.39, 0.29) is 40.8 Å². The van der Waals surface area contributed by atoms with Gasteiger partial charge in [-0.05, 0) is 18.2 Å². The first kappa shape index (κ1) is 30.7. The molecule has 16 heteroatoms. The summed E-state index contributed by atoms with van der Waals surface area (Å²) in [5.41, 5.74) is -1.16. The van der Waals surface area contributed by atoms with Crippen molar-refractivity contribution in [2.24, 2.45) is 0 Å². The molecule has 234 valence electrons. The third-order valence-corrected chi connectivity index (χ3v) is 7.14. The number of methoxy groups -OCH3 is 1. The van der Waals surface area contributed by atoms with Gasteiger partial charge in [-0.15, -0.1) is 0 Å². The number of hydrogen-bond donors (Lipinski definition) is 9. The molecular formula is C27H30O16. The first-order valence-corrected chi connectivity index (χ1v) is 13.0. The number of fused-ring (bicyclic) bond motifs is 1. The minimum Gasteiger partial charge on any atom is -0.507 e. The van der Waals surface area contributed by atoms with Crippen molar-refractivity contribution in [2.45, 2.75) is 55.3 Å². The van der Waals surface area contributed by atoms with Gasteiger partial charge in [-0.1, -0.05) is 0 Å². The van der Waals surface area contributed by atoms with Crippen LogP contribution in [0.1, 0.15) is 0 Å². The van der Waals surface area contributed by atoms with Crippen molar-refractivity contribution >= 4 is 11.0 Å². The second-order valence-corrected chi connectivity index (χ2v) is 9.97. The highest BCUT2D eigenvalue weighted by Crippen LogP contribution is 2.40.